The van der Waals surface area contributed by atoms with Gasteiger partial charge in [-0.2, -0.15) is 5.10 Å². The number of aryl methyl sites for hydroxylation is 1. The SMILES string of the molecule is CCc1cc(C(=O)N2CCCC2C(=O)O)n[nH]1. The van der Waals surface area contributed by atoms with Gasteiger partial charge in [-0.25, -0.2) is 4.79 Å². The van der Waals surface area contributed by atoms with Gasteiger partial charge in [-0.1, -0.05) is 6.92 Å². The van der Waals surface area contributed by atoms with E-state index in [0.717, 1.165) is 18.5 Å². The molecule has 0 saturated carbocycles. The summed E-state index contributed by atoms with van der Waals surface area (Å²) in [4.78, 5) is 24.4. The maximum Gasteiger partial charge on any atom is 0.326 e. The summed E-state index contributed by atoms with van der Waals surface area (Å²) in [5.41, 5.74) is 1.18. The minimum absolute atomic E-state index is 0.300. The van der Waals surface area contributed by atoms with Gasteiger partial charge in [0.2, 0.25) is 0 Å². The molecule has 17 heavy (non-hydrogen) atoms. The molecule has 0 spiro atoms. The highest BCUT2D eigenvalue weighted by Crippen LogP contribution is 2.19. The molecular weight excluding hydrogens is 222 g/mol. The number of carboxylic acids is 1. The number of H-pyrrole nitrogens is 1. The van der Waals surface area contributed by atoms with Crippen LogP contribution in [-0.2, 0) is 11.2 Å². The molecule has 0 aliphatic carbocycles. The molecule has 1 aromatic rings. The lowest BCUT2D eigenvalue weighted by atomic mass is 10.2. The first-order valence-corrected chi connectivity index (χ1v) is 5.71. The Bertz CT molecular complexity index is 441. The first kappa shape index (κ1) is 11.6. The van der Waals surface area contributed by atoms with Gasteiger partial charge in [0.15, 0.2) is 0 Å². The van der Waals surface area contributed by atoms with Gasteiger partial charge in [-0.15, -0.1) is 0 Å². The Labute approximate surface area is 98.6 Å². The van der Waals surface area contributed by atoms with Crippen molar-refractivity contribution in [2.24, 2.45) is 0 Å². The molecular formula is C11H15N3O3. The molecule has 0 aromatic carbocycles. The second kappa shape index (κ2) is 4.57. The number of carbonyl (C=O) groups is 2. The topological polar surface area (TPSA) is 86.3 Å². The van der Waals surface area contributed by atoms with Crippen molar-refractivity contribution in [3.63, 3.8) is 0 Å². The van der Waals surface area contributed by atoms with Crippen LogP contribution in [0.2, 0.25) is 0 Å². The zero-order chi connectivity index (χ0) is 12.4. The summed E-state index contributed by atoms with van der Waals surface area (Å²) in [5.74, 6) is -1.24. The van der Waals surface area contributed by atoms with Gasteiger partial charge in [0.05, 0.1) is 0 Å². The molecule has 0 radical (unpaired) electrons. The molecule has 1 aliphatic rings. The smallest absolute Gasteiger partial charge is 0.326 e. The zero-order valence-electron chi connectivity index (χ0n) is 9.64. The van der Waals surface area contributed by atoms with E-state index < -0.39 is 12.0 Å². The lowest BCUT2D eigenvalue weighted by Gasteiger charge is -2.19. The molecule has 1 aliphatic heterocycles. The van der Waals surface area contributed by atoms with E-state index >= 15 is 0 Å². The van der Waals surface area contributed by atoms with E-state index in [9.17, 15) is 9.59 Å². The van der Waals surface area contributed by atoms with Crippen molar-refractivity contribution in [2.45, 2.75) is 32.2 Å². The van der Waals surface area contributed by atoms with Gasteiger partial charge >= 0.3 is 5.97 Å². The van der Waals surface area contributed by atoms with Crippen LogP contribution in [0.1, 0.15) is 35.9 Å². The van der Waals surface area contributed by atoms with Crippen LogP contribution < -0.4 is 0 Å². The average molecular weight is 237 g/mol. The number of hydrogen-bond acceptors (Lipinski definition) is 3. The third kappa shape index (κ3) is 2.15. The Morgan fingerprint density at radius 2 is 2.41 bits per heavy atom. The van der Waals surface area contributed by atoms with E-state index in [1.165, 1.54) is 4.90 Å². The van der Waals surface area contributed by atoms with Crippen molar-refractivity contribution < 1.29 is 14.7 Å². The number of likely N-dealkylation sites (tertiary alicyclic amines) is 1. The zero-order valence-corrected chi connectivity index (χ0v) is 9.64. The Morgan fingerprint density at radius 1 is 1.65 bits per heavy atom. The highest BCUT2D eigenvalue weighted by Gasteiger charge is 2.35. The number of nitrogens with one attached hydrogen (secondary N) is 1. The number of aliphatic carboxylic acids is 1. The molecule has 1 aromatic heterocycles. The molecule has 1 amide bonds. The molecule has 1 atom stereocenters. The number of carboxylic acid groups (broad SMARTS) is 1. The maximum absolute atomic E-state index is 12.1. The third-order valence-corrected chi connectivity index (χ3v) is 3.03. The number of aromatic amines is 1. The summed E-state index contributed by atoms with van der Waals surface area (Å²) in [6.45, 7) is 2.45. The van der Waals surface area contributed by atoms with Gasteiger partial charge in [0, 0.05) is 12.2 Å². The summed E-state index contributed by atoms with van der Waals surface area (Å²) in [6, 6.07) is 0.976. The van der Waals surface area contributed by atoms with Gasteiger partial charge in [0.1, 0.15) is 11.7 Å². The van der Waals surface area contributed by atoms with Crippen LogP contribution in [0.5, 0.6) is 0 Å². The molecule has 2 heterocycles. The molecule has 2 rings (SSSR count). The Kier molecular flexibility index (Phi) is 3.12. The maximum atomic E-state index is 12.1. The molecule has 0 bridgehead atoms. The van der Waals surface area contributed by atoms with Crippen molar-refractivity contribution >= 4 is 11.9 Å². The van der Waals surface area contributed by atoms with Gasteiger partial charge in [0.25, 0.3) is 5.91 Å². The standard InChI is InChI=1S/C11H15N3O3/c1-2-7-6-8(13-12-7)10(15)14-5-3-4-9(14)11(16)17/h6,9H,2-5H2,1H3,(H,12,13)(H,16,17). The minimum atomic E-state index is -0.942. The predicted octanol–water partition coefficient (Wildman–Crippen LogP) is 0.661. The summed E-state index contributed by atoms with van der Waals surface area (Å²) in [7, 11) is 0. The second-order valence-electron chi connectivity index (χ2n) is 4.13. The van der Waals surface area contributed by atoms with Gasteiger partial charge in [-0.05, 0) is 25.3 Å². The fourth-order valence-electron chi connectivity index (χ4n) is 2.07. The lowest BCUT2D eigenvalue weighted by Crippen LogP contribution is -2.40. The third-order valence-electron chi connectivity index (χ3n) is 3.03. The van der Waals surface area contributed by atoms with Crippen molar-refractivity contribution in [3.05, 3.63) is 17.5 Å². The molecule has 6 heteroatoms. The number of hydrogen-bond donors (Lipinski definition) is 2. The van der Waals surface area contributed by atoms with Crippen molar-refractivity contribution in [3.8, 4) is 0 Å². The van der Waals surface area contributed by atoms with Crippen molar-refractivity contribution in [1.29, 1.82) is 0 Å². The number of amides is 1. The van der Waals surface area contributed by atoms with E-state index in [0.29, 0.717) is 18.7 Å². The number of aromatic nitrogens is 2. The largest absolute Gasteiger partial charge is 0.480 e. The molecule has 1 saturated heterocycles. The van der Waals surface area contributed by atoms with Crippen LogP contribution in [0.25, 0.3) is 0 Å². The number of nitrogens with zero attached hydrogens (tertiary/aromatic N) is 2. The first-order chi connectivity index (χ1) is 8.13. The highest BCUT2D eigenvalue weighted by atomic mass is 16.4. The highest BCUT2D eigenvalue weighted by molar-refractivity contribution is 5.95. The summed E-state index contributed by atoms with van der Waals surface area (Å²) in [5, 5.41) is 15.7. The summed E-state index contributed by atoms with van der Waals surface area (Å²) in [6.07, 6.45) is 2.02. The van der Waals surface area contributed by atoms with Crippen LogP contribution in [0.3, 0.4) is 0 Å². The van der Waals surface area contributed by atoms with E-state index in [4.69, 9.17) is 5.11 Å². The van der Waals surface area contributed by atoms with Crippen molar-refractivity contribution in [2.75, 3.05) is 6.54 Å². The molecule has 92 valence electrons. The molecule has 6 nitrogen and oxygen atoms in total. The van der Waals surface area contributed by atoms with Gasteiger partial charge < -0.3 is 10.0 Å². The Hall–Kier alpha value is -1.85. The van der Waals surface area contributed by atoms with Crippen LogP contribution in [-0.4, -0.2) is 44.7 Å². The monoisotopic (exact) mass is 237 g/mol. The fourth-order valence-corrected chi connectivity index (χ4v) is 2.07. The van der Waals surface area contributed by atoms with Gasteiger partial charge in [-0.3, -0.25) is 9.89 Å². The normalized spacial score (nSPS) is 19.6. The minimum Gasteiger partial charge on any atom is -0.480 e. The van der Waals surface area contributed by atoms with E-state index in [1.807, 2.05) is 6.92 Å². The number of carbonyl (C=O) groups excluding carboxylic acids is 1. The Balaban J connectivity index is 2.16. The van der Waals surface area contributed by atoms with Crippen molar-refractivity contribution in [1.82, 2.24) is 15.1 Å². The molecule has 2 N–H and O–H groups in total. The Morgan fingerprint density at radius 3 is 3.00 bits per heavy atom. The van der Waals surface area contributed by atoms with Crippen LogP contribution in [0.4, 0.5) is 0 Å². The molecule has 1 unspecified atom stereocenters. The van der Waals surface area contributed by atoms with E-state index in [1.54, 1.807) is 6.07 Å². The summed E-state index contributed by atoms with van der Waals surface area (Å²) < 4.78 is 0. The quantitative estimate of drug-likeness (QED) is 0.808. The van der Waals surface area contributed by atoms with Crippen LogP contribution in [0, 0.1) is 0 Å². The average Bonchev–Trinajstić information content (AvgIpc) is 2.97. The van der Waals surface area contributed by atoms with Crippen LogP contribution in [0.15, 0.2) is 6.07 Å². The first-order valence-electron chi connectivity index (χ1n) is 5.71. The van der Waals surface area contributed by atoms with Crippen LogP contribution >= 0.6 is 0 Å². The molecule has 1 fully saturated rings. The fraction of sp³-hybridized carbons (Fsp3) is 0.545. The van der Waals surface area contributed by atoms with E-state index in [2.05, 4.69) is 10.2 Å². The van der Waals surface area contributed by atoms with E-state index in [-0.39, 0.29) is 5.91 Å². The predicted molar refractivity (Wildman–Crippen MR) is 59.7 cm³/mol. The number of rotatable bonds is 3. The lowest BCUT2D eigenvalue weighted by molar-refractivity contribution is -0.141. The second-order valence-corrected chi connectivity index (χ2v) is 4.13. The summed E-state index contributed by atoms with van der Waals surface area (Å²) >= 11 is 0.